The van der Waals surface area contributed by atoms with Crippen molar-refractivity contribution in [2.24, 2.45) is 5.92 Å². The predicted octanol–water partition coefficient (Wildman–Crippen LogP) is 1.74. The minimum absolute atomic E-state index is 0.00826. The topological polar surface area (TPSA) is 101 Å². The van der Waals surface area contributed by atoms with E-state index in [2.05, 4.69) is 15.3 Å². The molecule has 19 heavy (non-hydrogen) atoms. The number of fused-ring (bicyclic) bond motifs is 1. The first-order valence-corrected chi connectivity index (χ1v) is 5.88. The van der Waals surface area contributed by atoms with Crippen molar-refractivity contribution in [3.8, 4) is 0 Å². The van der Waals surface area contributed by atoms with Gasteiger partial charge in [-0.05, 0) is 6.07 Å². The molecule has 0 aliphatic rings. The lowest BCUT2D eigenvalue weighted by molar-refractivity contribution is -0.384. The van der Waals surface area contributed by atoms with E-state index in [1.165, 1.54) is 12.1 Å². The Morgan fingerprint density at radius 3 is 2.89 bits per heavy atom. The molecular weight excluding hydrogens is 248 g/mol. The van der Waals surface area contributed by atoms with Gasteiger partial charge in [0.05, 0.1) is 22.5 Å². The summed E-state index contributed by atoms with van der Waals surface area (Å²) < 4.78 is 0. The highest BCUT2D eigenvalue weighted by atomic mass is 16.6. The van der Waals surface area contributed by atoms with Crippen LogP contribution in [0.25, 0.3) is 11.0 Å². The number of nitrogens with zero attached hydrogens (tertiary/aromatic N) is 2. The average Bonchev–Trinajstić information content (AvgIpc) is 2.77. The van der Waals surface area contributed by atoms with E-state index in [-0.39, 0.29) is 24.1 Å². The SMILES string of the molecule is CC(C)C(=O)NCc1nc2ccc([N+](=O)[O-])cc2[nH]1. The van der Waals surface area contributed by atoms with Gasteiger partial charge in [-0.25, -0.2) is 4.98 Å². The number of rotatable bonds is 4. The number of aromatic nitrogens is 2. The molecular formula is C12H14N4O3. The molecule has 0 fully saturated rings. The minimum Gasteiger partial charge on any atom is -0.349 e. The largest absolute Gasteiger partial charge is 0.349 e. The fraction of sp³-hybridized carbons (Fsp3) is 0.333. The van der Waals surface area contributed by atoms with Gasteiger partial charge < -0.3 is 10.3 Å². The van der Waals surface area contributed by atoms with E-state index in [1.54, 1.807) is 19.9 Å². The Morgan fingerprint density at radius 2 is 2.26 bits per heavy atom. The molecule has 0 atom stereocenters. The van der Waals surface area contributed by atoms with Crippen LogP contribution in [0.15, 0.2) is 18.2 Å². The Morgan fingerprint density at radius 1 is 1.53 bits per heavy atom. The summed E-state index contributed by atoms with van der Waals surface area (Å²) in [6.07, 6.45) is 0. The fourth-order valence-corrected chi connectivity index (χ4v) is 1.62. The molecule has 0 aliphatic carbocycles. The van der Waals surface area contributed by atoms with Gasteiger partial charge in [-0.1, -0.05) is 13.8 Å². The van der Waals surface area contributed by atoms with Crippen molar-refractivity contribution in [1.29, 1.82) is 0 Å². The molecule has 2 N–H and O–H groups in total. The molecule has 1 aromatic heterocycles. The number of carbonyl (C=O) groups excluding carboxylic acids is 1. The van der Waals surface area contributed by atoms with Crippen LogP contribution in [0.3, 0.4) is 0 Å². The molecule has 0 spiro atoms. The highest BCUT2D eigenvalue weighted by molar-refractivity contribution is 5.79. The monoisotopic (exact) mass is 262 g/mol. The lowest BCUT2D eigenvalue weighted by Crippen LogP contribution is -2.27. The second-order valence-electron chi connectivity index (χ2n) is 4.51. The number of imidazole rings is 1. The number of non-ortho nitro benzene ring substituents is 1. The number of H-pyrrole nitrogens is 1. The van der Waals surface area contributed by atoms with Crippen LogP contribution >= 0.6 is 0 Å². The molecule has 7 heteroatoms. The molecule has 7 nitrogen and oxygen atoms in total. The van der Waals surface area contributed by atoms with Gasteiger partial charge in [0.1, 0.15) is 5.82 Å². The number of hydrogen-bond donors (Lipinski definition) is 2. The van der Waals surface area contributed by atoms with Crippen molar-refractivity contribution in [2.45, 2.75) is 20.4 Å². The Labute approximate surface area is 109 Å². The zero-order valence-corrected chi connectivity index (χ0v) is 10.6. The van der Waals surface area contributed by atoms with E-state index in [1.807, 2.05) is 0 Å². The Balaban J connectivity index is 2.17. The molecule has 0 unspecified atom stereocenters. The summed E-state index contributed by atoms with van der Waals surface area (Å²) in [7, 11) is 0. The first-order chi connectivity index (χ1) is 8.97. The fourth-order valence-electron chi connectivity index (χ4n) is 1.62. The quantitative estimate of drug-likeness (QED) is 0.647. The second kappa shape index (κ2) is 5.05. The third-order valence-electron chi connectivity index (χ3n) is 2.68. The van der Waals surface area contributed by atoms with E-state index in [9.17, 15) is 14.9 Å². The number of aromatic amines is 1. The molecule has 1 heterocycles. The summed E-state index contributed by atoms with van der Waals surface area (Å²) in [5.41, 5.74) is 1.23. The average molecular weight is 262 g/mol. The number of nitro benzene ring substituents is 1. The Hall–Kier alpha value is -2.44. The van der Waals surface area contributed by atoms with Crippen LogP contribution in [0.4, 0.5) is 5.69 Å². The number of nitro groups is 1. The van der Waals surface area contributed by atoms with Crippen LogP contribution in [0.1, 0.15) is 19.7 Å². The highest BCUT2D eigenvalue weighted by Crippen LogP contribution is 2.18. The molecule has 100 valence electrons. The lowest BCUT2D eigenvalue weighted by Gasteiger charge is -2.04. The van der Waals surface area contributed by atoms with E-state index in [0.29, 0.717) is 16.9 Å². The van der Waals surface area contributed by atoms with E-state index in [0.717, 1.165) is 0 Å². The standard InChI is InChI=1S/C12H14N4O3/c1-7(2)12(17)13-6-11-14-9-4-3-8(16(18)19)5-10(9)15-11/h3-5,7H,6H2,1-2H3,(H,13,17)(H,14,15). The zero-order chi connectivity index (χ0) is 14.0. The molecule has 0 bridgehead atoms. The maximum atomic E-state index is 11.4. The zero-order valence-electron chi connectivity index (χ0n) is 10.6. The summed E-state index contributed by atoms with van der Waals surface area (Å²) in [6.45, 7) is 3.88. The van der Waals surface area contributed by atoms with Crippen molar-refractivity contribution >= 4 is 22.6 Å². The van der Waals surface area contributed by atoms with Gasteiger partial charge in [0.15, 0.2) is 0 Å². The van der Waals surface area contributed by atoms with Crippen LogP contribution in [-0.4, -0.2) is 20.8 Å². The highest BCUT2D eigenvalue weighted by Gasteiger charge is 2.11. The smallest absolute Gasteiger partial charge is 0.271 e. The molecule has 2 rings (SSSR count). The Kier molecular flexibility index (Phi) is 3.46. The van der Waals surface area contributed by atoms with Crippen LogP contribution in [-0.2, 0) is 11.3 Å². The minimum atomic E-state index is -0.458. The van der Waals surface area contributed by atoms with Crippen LogP contribution in [0.5, 0.6) is 0 Å². The van der Waals surface area contributed by atoms with Crippen LogP contribution in [0, 0.1) is 16.0 Å². The van der Waals surface area contributed by atoms with Gasteiger partial charge in [-0.15, -0.1) is 0 Å². The maximum absolute atomic E-state index is 11.4. The van der Waals surface area contributed by atoms with Gasteiger partial charge in [0.2, 0.25) is 5.91 Å². The lowest BCUT2D eigenvalue weighted by atomic mass is 10.2. The molecule has 1 aromatic carbocycles. The first-order valence-electron chi connectivity index (χ1n) is 5.88. The number of benzene rings is 1. The van der Waals surface area contributed by atoms with Crippen molar-refractivity contribution in [3.05, 3.63) is 34.1 Å². The summed E-state index contributed by atoms with van der Waals surface area (Å²) in [4.78, 5) is 28.8. The summed E-state index contributed by atoms with van der Waals surface area (Å²) in [6, 6.07) is 4.41. The number of amides is 1. The summed E-state index contributed by atoms with van der Waals surface area (Å²) in [5, 5.41) is 13.4. The van der Waals surface area contributed by atoms with Gasteiger partial charge >= 0.3 is 0 Å². The van der Waals surface area contributed by atoms with Crippen molar-refractivity contribution in [1.82, 2.24) is 15.3 Å². The molecule has 1 amide bonds. The third kappa shape index (κ3) is 2.87. The third-order valence-corrected chi connectivity index (χ3v) is 2.68. The predicted molar refractivity (Wildman–Crippen MR) is 69.4 cm³/mol. The van der Waals surface area contributed by atoms with E-state index in [4.69, 9.17) is 0 Å². The normalized spacial score (nSPS) is 10.9. The van der Waals surface area contributed by atoms with Crippen molar-refractivity contribution in [2.75, 3.05) is 0 Å². The first kappa shape index (κ1) is 13.0. The van der Waals surface area contributed by atoms with Crippen molar-refractivity contribution in [3.63, 3.8) is 0 Å². The van der Waals surface area contributed by atoms with E-state index >= 15 is 0 Å². The summed E-state index contributed by atoms with van der Waals surface area (Å²) >= 11 is 0. The van der Waals surface area contributed by atoms with Crippen LogP contribution in [0.2, 0.25) is 0 Å². The molecule has 0 radical (unpaired) electrons. The van der Waals surface area contributed by atoms with E-state index < -0.39 is 4.92 Å². The molecule has 0 saturated heterocycles. The maximum Gasteiger partial charge on any atom is 0.271 e. The number of carbonyl (C=O) groups is 1. The molecule has 0 aliphatic heterocycles. The molecule has 2 aromatic rings. The van der Waals surface area contributed by atoms with Crippen LogP contribution < -0.4 is 5.32 Å². The molecule has 0 saturated carbocycles. The van der Waals surface area contributed by atoms with Crippen molar-refractivity contribution < 1.29 is 9.72 Å². The number of hydrogen-bond acceptors (Lipinski definition) is 4. The van der Waals surface area contributed by atoms with Gasteiger partial charge in [-0.2, -0.15) is 0 Å². The Bertz CT molecular complexity index is 633. The second-order valence-corrected chi connectivity index (χ2v) is 4.51. The number of nitrogens with one attached hydrogen (secondary N) is 2. The van der Waals surface area contributed by atoms with Gasteiger partial charge in [0, 0.05) is 18.1 Å². The van der Waals surface area contributed by atoms with Gasteiger partial charge in [-0.3, -0.25) is 14.9 Å². The summed E-state index contributed by atoms with van der Waals surface area (Å²) in [5.74, 6) is 0.418. The van der Waals surface area contributed by atoms with Gasteiger partial charge in [0.25, 0.3) is 5.69 Å².